The normalized spacial score (nSPS) is 17.6. The van der Waals surface area contributed by atoms with Crippen LogP contribution in [-0.2, 0) is 6.54 Å². The minimum atomic E-state index is 0.0652. The molecule has 1 aromatic heterocycles. The summed E-state index contributed by atoms with van der Waals surface area (Å²) in [5.74, 6) is 0.0652. The van der Waals surface area contributed by atoms with E-state index in [9.17, 15) is 0 Å². The van der Waals surface area contributed by atoms with Crippen molar-refractivity contribution in [3.05, 3.63) is 29.6 Å². The summed E-state index contributed by atoms with van der Waals surface area (Å²) in [5, 5.41) is 7.53. The molecule has 1 saturated heterocycles. The van der Waals surface area contributed by atoms with Gasteiger partial charge in [0.2, 0.25) is 0 Å². The van der Waals surface area contributed by atoms with Crippen molar-refractivity contribution in [2.24, 2.45) is 5.73 Å². The summed E-state index contributed by atoms with van der Waals surface area (Å²) in [6, 6.07) is 3.94. The zero-order valence-corrected chi connectivity index (χ0v) is 10.2. The topological polar surface area (TPSA) is 66.0 Å². The smallest absolute Gasteiger partial charge is 0.142 e. The molecule has 0 atom stereocenters. The molecule has 0 spiro atoms. The lowest BCUT2D eigenvalue weighted by Gasteiger charge is -2.20. The molecule has 0 bridgehead atoms. The van der Waals surface area contributed by atoms with Crippen LogP contribution in [0.2, 0.25) is 0 Å². The Labute approximate surface area is 102 Å². The number of likely N-dealkylation sites (tertiary alicyclic amines) is 1. The van der Waals surface area contributed by atoms with Gasteiger partial charge < -0.3 is 5.73 Å². The van der Waals surface area contributed by atoms with Crippen LogP contribution in [0.3, 0.4) is 0 Å². The zero-order chi connectivity index (χ0) is 12.1. The van der Waals surface area contributed by atoms with Crippen LogP contribution in [0.15, 0.2) is 18.3 Å². The van der Waals surface area contributed by atoms with Crippen molar-refractivity contribution in [2.75, 3.05) is 13.1 Å². The number of aromatic nitrogens is 1. The van der Waals surface area contributed by atoms with E-state index in [0.717, 1.165) is 25.2 Å². The van der Waals surface area contributed by atoms with Gasteiger partial charge in [0.1, 0.15) is 11.5 Å². The van der Waals surface area contributed by atoms with Crippen LogP contribution < -0.4 is 5.73 Å². The number of hydrogen-bond acceptors (Lipinski definition) is 3. The Balaban J connectivity index is 2.09. The van der Waals surface area contributed by atoms with Crippen LogP contribution >= 0.6 is 0 Å². The first-order valence-corrected chi connectivity index (χ1v) is 6.28. The summed E-state index contributed by atoms with van der Waals surface area (Å²) >= 11 is 0. The van der Waals surface area contributed by atoms with E-state index in [4.69, 9.17) is 11.1 Å². The van der Waals surface area contributed by atoms with Crippen LogP contribution in [0, 0.1) is 5.41 Å². The third-order valence-corrected chi connectivity index (χ3v) is 3.24. The van der Waals surface area contributed by atoms with E-state index in [0.29, 0.717) is 5.69 Å². The van der Waals surface area contributed by atoms with Crippen LogP contribution in [0.25, 0.3) is 0 Å². The Kier molecular flexibility index (Phi) is 4.09. The molecule has 3 N–H and O–H groups in total. The quantitative estimate of drug-likeness (QED) is 0.616. The minimum absolute atomic E-state index is 0.0652. The van der Waals surface area contributed by atoms with Crippen LogP contribution in [-0.4, -0.2) is 28.8 Å². The molecular formula is C13H20N4. The first-order valence-electron chi connectivity index (χ1n) is 6.28. The third kappa shape index (κ3) is 3.27. The Bertz CT molecular complexity index is 381. The summed E-state index contributed by atoms with van der Waals surface area (Å²) in [4.78, 5) is 6.63. The van der Waals surface area contributed by atoms with Gasteiger partial charge in [0, 0.05) is 12.7 Å². The van der Waals surface area contributed by atoms with Gasteiger partial charge in [-0.3, -0.25) is 15.3 Å². The molecule has 17 heavy (non-hydrogen) atoms. The standard InChI is InChI=1S/C13H20N4/c14-13(15)12-11(6-5-7-16-12)10-17-8-3-1-2-4-9-17/h5-7H,1-4,8-10H2,(H3,14,15). The molecule has 92 valence electrons. The molecule has 0 radical (unpaired) electrons. The van der Waals surface area contributed by atoms with Crippen molar-refractivity contribution in [1.82, 2.24) is 9.88 Å². The average Bonchev–Trinajstić information content (AvgIpc) is 2.58. The second-order valence-corrected chi connectivity index (χ2v) is 4.62. The lowest BCUT2D eigenvalue weighted by atomic mass is 10.1. The average molecular weight is 232 g/mol. The van der Waals surface area contributed by atoms with E-state index in [1.165, 1.54) is 25.7 Å². The van der Waals surface area contributed by atoms with Gasteiger partial charge in [-0.05, 0) is 37.6 Å². The van der Waals surface area contributed by atoms with Gasteiger partial charge in [0.25, 0.3) is 0 Å². The number of amidine groups is 1. The maximum atomic E-state index is 7.53. The third-order valence-electron chi connectivity index (χ3n) is 3.24. The molecule has 0 aliphatic carbocycles. The van der Waals surface area contributed by atoms with Crippen molar-refractivity contribution in [1.29, 1.82) is 5.41 Å². The van der Waals surface area contributed by atoms with E-state index in [2.05, 4.69) is 9.88 Å². The molecule has 1 fully saturated rings. The molecule has 4 heteroatoms. The first-order chi connectivity index (χ1) is 8.27. The number of pyridine rings is 1. The van der Waals surface area contributed by atoms with Gasteiger partial charge in [-0.2, -0.15) is 0 Å². The number of nitrogens with two attached hydrogens (primary N) is 1. The number of nitrogens with one attached hydrogen (secondary N) is 1. The van der Waals surface area contributed by atoms with Crippen LogP contribution in [0.5, 0.6) is 0 Å². The first kappa shape index (κ1) is 12.0. The molecule has 0 aromatic carbocycles. The molecule has 0 amide bonds. The Morgan fingerprint density at radius 1 is 1.29 bits per heavy atom. The van der Waals surface area contributed by atoms with Gasteiger partial charge in [-0.15, -0.1) is 0 Å². The maximum Gasteiger partial charge on any atom is 0.142 e. The molecule has 4 nitrogen and oxygen atoms in total. The summed E-state index contributed by atoms with van der Waals surface area (Å²) in [7, 11) is 0. The Morgan fingerprint density at radius 2 is 2.00 bits per heavy atom. The van der Waals surface area contributed by atoms with Crippen LogP contribution in [0.1, 0.15) is 36.9 Å². The number of nitrogens with zero attached hydrogens (tertiary/aromatic N) is 2. The highest BCUT2D eigenvalue weighted by molar-refractivity contribution is 5.94. The van der Waals surface area contributed by atoms with Crippen molar-refractivity contribution < 1.29 is 0 Å². The summed E-state index contributed by atoms with van der Waals surface area (Å²) in [6.45, 7) is 3.15. The fourth-order valence-corrected chi connectivity index (χ4v) is 2.34. The van der Waals surface area contributed by atoms with Gasteiger partial charge in [-0.1, -0.05) is 18.9 Å². The highest BCUT2D eigenvalue weighted by Crippen LogP contribution is 2.14. The number of nitrogen functional groups attached to an aromatic ring is 1. The largest absolute Gasteiger partial charge is 0.382 e. The Morgan fingerprint density at radius 3 is 2.65 bits per heavy atom. The molecule has 1 aromatic rings. The van der Waals surface area contributed by atoms with Crippen molar-refractivity contribution in [2.45, 2.75) is 32.2 Å². The molecule has 0 unspecified atom stereocenters. The Hall–Kier alpha value is -1.42. The van der Waals surface area contributed by atoms with Gasteiger partial charge in [0.05, 0.1) is 0 Å². The second kappa shape index (κ2) is 5.77. The van der Waals surface area contributed by atoms with Crippen molar-refractivity contribution in [3.63, 3.8) is 0 Å². The van der Waals surface area contributed by atoms with Gasteiger partial charge >= 0.3 is 0 Å². The van der Waals surface area contributed by atoms with Crippen LogP contribution in [0.4, 0.5) is 0 Å². The van der Waals surface area contributed by atoms with Gasteiger partial charge in [-0.25, -0.2) is 0 Å². The predicted octanol–water partition coefficient (Wildman–Crippen LogP) is 1.74. The molecule has 1 aliphatic heterocycles. The zero-order valence-electron chi connectivity index (χ0n) is 10.2. The van der Waals surface area contributed by atoms with Crippen molar-refractivity contribution >= 4 is 5.84 Å². The molecule has 0 saturated carbocycles. The van der Waals surface area contributed by atoms with E-state index < -0.39 is 0 Å². The van der Waals surface area contributed by atoms with E-state index in [1.807, 2.05) is 12.1 Å². The van der Waals surface area contributed by atoms with E-state index in [1.54, 1.807) is 6.20 Å². The fraction of sp³-hybridized carbons (Fsp3) is 0.538. The van der Waals surface area contributed by atoms with E-state index in [-0.39, 0.29) is 5.84 Å². The minimum Gasteiger partial charge on any atom is -0.382 e. The summed E-state index contributed by atoms with van der Waals surface area (Å²) < 4.78 is 0. The molecular weight excluding hydrogens is 212 g/mol. The lowest BCUT2D eigenvalue weighted by Crippen LogP contribution is -2.26. The summed E-state index contributed by atoms with van der Waals surface area (Å²) in [6.07, 6.45) is 6.92. The molecule has 1 aliphatic rings. The fourth-order valence-electron chi connectivity index (χ4n) is 2.34. The monoisotopic (exact) mass is 232 g/mol. The maximum absolute atomic E-state index is 7.53. The highest BCUT2D eigenvalue weighted by Gasteiger charge is 2.13. The van der Waals surface area contributed by atoms with E-state index >= 15 is 0 Å². The highest BCUT2D eigenvalue weighted by atomic mass is 15.1. The molecule has 2 heterocycles. The second-order valence-electron chi connectivity index (χ2n) is 4.62. The van der Waals surface area contributed by atoms with Crippen molar-refractivity contribution in [3.8, 4) is 0 Å². The van der Waals surface area contributed by atoms with Gasteiger partial charge in [0.15, 0.2) is 0 Å². The molecule has 2 rings (SSSR count). The SMILES string of the molecule is N=C(N)c1ncccc1CN1CCCCCC1. The summed E-state index contributed by atoms with van der Waals surface area (Å²) in [5.41, 5.74) is 7.26. The predicted molar refractivity (Wildman–Crippen MR) is 69.0 cm³/mol. The number of rotatable bonds is 3. The number of hydrogen-bond donors (Lipinski definition) is 2. The lowest BCUT2D eigenvalue weighted by molar-refractivity contribution is 0.276.